The number of carbonyl (C=O) groups is 1. The summed E-state index contributed by atoms with van der Waals surface area (Å²) < 4.78 is 5.84. The lowest BCUT2D eigenvalue weighted by Crippen LogP contribution is -2.27. The fourth-order valence-corrected chi connectivity index (χ4v) is 4.16. The molecular formula is C29H42N2O2S. The van der Waals surface area contributed by atoms with Crippen LogP contribution < -0.4 is 10.1 Å². The SMILES string of the molecule is C=C(Cc1ccc(OC)c(Cc2ccc(NC(=O)C(C)(C)C)cc2CSC(C)(C)C)c1)N(C)C. The van der Waals surface area contributed by atoms with Gasteiger partial charge in [0.05, 0.1) is 7.11 Å². The molecule has 0 spiro atoms. The molecule has 5 heteroatoms. The third-order valence-corrected chi connectivity index (χ3v) is 6.89. The summed E-state index contributed by atoms with van der Waals surface area (Å²) in [5.74, 6) is 1.78. The van der Waals surface area contributed by atoms with Crippen LogP contribution in [0.5, 0.6) is 5.75 Å². The summed E-state index contributed by atoms with van der Waals surface area (Å²) in [5, 5.41) is 3.09. The number of ether oxygens (including phenoxy) is 1. The fourth-order valence-electron chi connectivity index (χ4n) is 3.30. The summed E-state index contributed by atoms with van der Waals surface area (Å²) in [4.78, 5) is 14.6. The fraction of sp³-hybridized carbons (Fsp3) is 0.483. The third kappa shape index (κ3) is 8.43. The normalized spacial score (nSPS) is 11.8. The number of anilines is 1. The predicted octanol–water partition coefficient (Wildman–Crippen LogP) is 6.92. The van der Waals surface area contributed by atoms with Crippen LogP contribution in [0.2, 0.25) is 0 Å². The average Bonchev–Trinajstić information content (AvgIpc) is 2.72. The zero-order chi connectivity index (χ0) is 25.7. The lowest BCUT2D eigenvalue weighted by Gasteiger charge is -2.22. The number of amides is 1. The molecule has 0 atom stereocenters. The van der Waals surface area contributed by atoms with Crippen molar-refractivity contribution in [2.45, 2.75) is 64.9 Å². The average molecular weight is 483 g/mol. The van der Waals surface area contributed by atoms with E-state index in [2.05, 4.69) is 67.9 Å². The Morgan fingerprint density at radius 3 is 2.24 bits per heavy atom. The highest BCUT2D eigenvalue weighted by atomic mass is 32.2. The molecule has 0 fully saturated rings. The maximum Gasteiger partial charge on any atom is 0.229 e. The maximum absolute atomic E-state index is 12.6. The van der Waals surface area contributed by atoms with E-state index in [9.17, 15) is 4.79 Å². The van der Waals surface area contributed by atoms with Gasteiger partial charge in [-0.05, 0) is 40.5 Å². The van der Waals surface area contributed by atoms with Gasteiger partial charge in [-0.15, -0.1) is 0 Å². The lowest BCUT2D eigenvalue weighted by atomic mass is 9.94. The second-order valence-electron chi connectivity index (χ2n) is 11.0. The number of likely N-dealkylation sites (N-methyl/N-ethyl adjacent to an activating group) is 1. The maximum atomic E-state index is 12.6. The van der Waals surface area contributed by atoms with E-state index in [0.29, 0.717) is 0 Å². The number of nitrogens with zero attached hydrogens (tertiary/aromatic N) is 1. The molecule has 0 aromatic heterocycles. The van der Waals surface area contributed by atoms with Gasteiger partial charge in [-0.3, -0.25) is 4.79 Å². The van der Waals surface area contributed by atoms with E-state index < -0.39 is 5.41 Å². The number of methoxy groups -OCH3 is 1. The standard InChI is InChI=1S/C29H42N2O2S/c1-20(31(8)9)15-21-11-14-26(33-10)23(16-21)17-22-12-13-25(30-27(32)28(2,3)4)18-24(22)19-34-29(5,6)7/h11-14,16,18H,1,15,17,19H2,2-10H3,(H,30,32). The second kappa shape index (κ2) is 11.4. The van der Waals surface area contributed by atoms with Crippen LogP contribution in [0.15, 0.2) is 48.7 Å². The molecule has 0 aliphatic heterocycles. The highest BCUT2D eigenvalue weighted by Gasteiger charge is 2.22. The summed E-state index contributed by atoms with van der Waals surface area (Å²) in [6.45, 7) is 16.6. The van der Waals surface area contributed by atoms with Crippen LogP contribution in [-0.4, -0.2) is 36.8 Å². The first-order valence-electron chi connectivity index (χ1n) is 11.8. The topological polar surface area (TPSA) is 41.6 Å². The van der Waals surface area contributed by atoms with E-state index in [0.717, 1.165) is 41.3 Å². The van der Waals surface area contributed by atoms with Gasteiger partial charge < -0.3 is 15.0 Å². The Morgan fingerprint density at radius 2 is 1.68 bits per heavy atom. The summed E-state index contributed by atoms with van der Waals surface area (Å²) >= 11 is 1.91. The van der Waals surface area contributed by atoms with Crippen LogP contribution in [0.25, 0.3) is 0 Å². The first kappa shape index (κ1) is 27.8. The van der Waals surface area contributed by atoms with Crippen molar-refractivity contribution in [2.24, 2.45) is 5.41 Å². The molecule has 186 valence electrons. The van der Waals surface area contributed by atoms with Crippen molar-refractivity contribution >= 4 is 23.4 Å². The van der Waals surface area contributed by atoms with Gasteiger partial charge >= 0.3 is 0 Å². The molecule has 0 heterocycles. The third-order valence-electron chi connectivity index (χ3n) is 5.57. The van der Waals surface area contributed by atoms with Gasteiger partial charge in [-0.25, -0.2) is 0 Å². The zero-order valence-corrected chi connectivity index (χ0v) is 23.3. The zero-order valence-electron chi connectivity index (χ0n) is 22.5. The molecule has 0 radical (unpaired) electrons. The Labute approximate surface area is 211 Å². The molecule has 1 amide bonds. The smallest absolute Gasteiger partial charge is 0.229 e. The van der Waals surface area contributed by atoms with Gasteiger partial charge in [0, 0.05) is 54.2 Å². The molecule has 34 heavy (non-hydrogen) atoms. The number of thioether (sulfide) groups is 1. The van der Waals surface area contributed by atoms with Crippen LogP contribution in [0.4, 0.5) is 5.69 Å². The first-order chi connectivity index (χ1) is 15.7. The minimum Gasteiger partial charge on any atom is -0.496 e. The number of hydrogen-bond donors (Lipinski definition) is 1. The predicted molar refractivity (Wildman–Crippen MR) is 148 cm³/mol. The Balaban J connectivity index is 2.40. The molecule has 0 saturated carbocycles. The van der Waals surface area contributed by atoms with Gasteiger partial charge in [-0.1, -0.05) is 66.3 Å². The van der Waals surface area contributed by atoms with E-state index in [4.69, 9.17) is 4.74 Å². The Hall–Kier alpha value is -2.40. The van der Waals surface area contributed by atoms with Crippen molar-refractivity contribution in [3.8, 4) is 5.75 Å². The minimum atomic E-state index is -0.441. The highest BCUT2D eigenvalue weighted by Crippen LogP contribution is 2.32. The molecule has 0 unspecified atom stereocenters. The van der Waals surface area contributed by atoms with Crippen LogP contribution in [0.3, 0.4) is 0 Å². The molecule has 2 aromatic rings. The minimum absolute atomic E-state index is 0.0187. The quantitative estimate of drug-likeness (QED) is 0.421. The molecule has 0 aliphatic rings. The van der Waals surface area contributed by atoms with Gasteiger partial charge in [0.25, 0.3) is 0 Å². The number of benzene rings is 2. The van der Waals surface area contributed by atoms with Crippen LogP contribution >= 0.6 is 11.8 Å². The van der Waals surface area contributed by atoms with Crippen LogP contribution in [0, 0.1) is 5.41 Å². The van der Waals surface area contributed by atoms with Crippen molar-refractivity contribution in [3.63, 3.8) is 0 Å². The van der Waals surface area contributed by atoms with E-state index in [-0.39, 0.29) is 10.7 Å². The second-order valence-corrected chi connectivity index (χ2v) is 12.9. The lowest BCUT2D eigenvalue weighted by molar-refractivity contribution is -0.123. The highest BCUT2D eigenvalue weighted by molar-refractivity contribution is 7.99. The van der Waals surface area contributed by atoms with Gasteiger partial charge in [0.2, 0.25) is 5.91 Å². The van der Waals surface area contributed by atoms with E-state index in [1.165, 1.54) is 16.7 Å². The summed E-state index contributed by atoms with van der Waals surface area (Å²) in [7, 11) is 5.76. The summed E-state index contributed by atoms with van der Waals surface area (Å²) in [6, 6.07) is 12.7. The number of rotatable bonds is 9. The van der Waals surface area contributed by atoms with Crippen molar-refractivity contribution in [3.05, 3.63) is 70.9 Å². The van der Waals surface area contributed by atoms with Gasteiger partial charge in [0.15, 0.2) is 0 Å². The summed E-state index contributed by atoms with van der Waals surface area (Å²) in [6.07, 6.45) is 1.56. The molecule has 4 nitrogen and oxygen atoms in total. The largest absolute Gasteiger partial charge is 0.496 e. The molecule has 2 aromatic carbocycles. The number of hydrogen-bond acceptors (Lipinski definition) is 4. The van der Waals surface area contributed by atoms with Gasteiger partial charge in [-0.2, -0.15) is 11.8 Å². The van der Waals surface area contributed by atoms with Crippen molar-refractivity contribution in [2.75, 3.05) is 26.5 Å². The van der Waals surface area contributed by atoms with Crippen LogP contribution in [-0.2, 0) is 23.4 Å². The summed E-state index contributed by atoms with van der Waals surface area (Å²) in [5.41, 5.74) is 6.32. The number of carbonyl (C=O) groups excluding carboxylic acids is 1. The van der Waals surface area contributed by atoms with Gasteiger partial charge in [0.1, 0.15) is 5.75 Å². The monoisotopic (exact) mass is 482 g/mol. The molecule has 0 aliphatic carbocycles. The van der Waals surface area contributed by atoms with Crippen molar-refractivity contribution in [1.29, 1.82) is 0 Å². The van der Waals surface area contributed by atoms with E-state index >= 15 is 0 Å². The van der Waals surface area contributed by atoms with E-state index in [1.54, 1.807) is 7.11 Å². The van der Waals surface area contributed by atoms with E-state index in [1.807, 2.05) is 52.7 Å². The molecule has 2 rings (SSSR count). The molecule has 1 N–H and O–H groups in total. The molecule has 0 bridgehead atoms. The molecule has 0 saturated heterocycles. The number of allylic oxidation sites excluding steroid dienone is 1. The number of nitrogens with one attached hydrogen (secondary N) is 1. The Bertz CT molecular complexity index is 1010. The van der Waals surface area contributed by atoms with Crippen molar-refractivity contribution in [1.82, 2.24) is 4.90 Å². The van der Waals surface area contributed by atoms with Crippen molar-refractivity contribution < 1.29 is 9.53 Å². The van der Waals surface area contributed by atoms with Crippen LogP contribution in [0.1, 0.15) is 63.8 Å². The Morgan fingerprint density at radius 1 is 1.00 bits per heavy atom. The molecular weight excluding hydrogens is 440 g/mol. The first-order valence-corrected chi connectivity index (χ1v) is 12.8. The Kier molecular flexibility index (Phi) is 9.29.